The molecule has 1 rings (SSSR count). The molecule has 0 aromatic carbocycles. The van der Waals surface area contributed by atoms with Gasteiger partial charge < -0.3 is 10.6 Å². The van der Waals surface area contributed by atoms with Crippen LogP contribution >= 0.6 is 0 Å². The van der Waals surface area contributed by atoms with Gasteiger partial charge in [0, 0.05) is 12.0 Å². The van der Waals surface area contributed by atoms with Crippen LogP contribution in [0.2, 0.25) is 0 Å². The number of hydrogen-bond donors (Lipinski definition) is 2. The Labute approximate surface area is 119 Å². The zero-order chi connectivity index (χ0) is 15.1. The Morgan fingerprint density at radius 2 is 2.00 bits per heavy atom. The molecule has 7 heteroatoms. The smallest absolute Gasteiger partial charge is 0.234 e. The second-order valence-electron chi connectivity index (χ2n) is 5.34. The first-order valence-electron chi connectivity index (χ1n) is 6.80. The standard InChI is InChI=1S/C13H23N5O2/c1-9(2)12(19)8-18-7-11(16-17-18)5-15-13(20)6-14-10(3)4/h7,9-10,14H,5-6,8H2,1-4H3,(H,15,20). The topological polar surface area (TPSA) is 88.9 Å². The Bertz CT molecular complexity index is 453. The number of Topliss-reactive ketones (excluding diaryl/α,β-unsaturated/α-hetero) is 1. The summed E-state index contributed by atoms with van der Waals surface area (Å²) < 4.78 is 1.50. The van der Waals surface area contributed by atoms with E-state index in [0.29, 0.717) is 12.2 Å². The van der Waals surface area contributed by atoms with Crippen LogP contribution in [-0.2, 0) is 22.7 Å². The van der Waals surface area contributed by atoms with Crippen molar-refractivity contribution in [3.63, 3.8) is 0 Å². The van der Waals surface area contributed by atoms with Crippen LogP contribution in [0.25, 0.3) is 0 Å². The van der Waals surface area contributed by atoms with Crippen molar-refractivity contribution < 1.29 is 9.59 Å². The van der Waals surface area contributed by atoms with Gasteiger partial charge in [0.2, 0.25) is 5.91 Å². The summed E-state index contributed by atoms with van der Waals surface area (Å²) in [5.41, 5.74) is 0.638. The normalized spacial score (nSPS) is 11.1. The van der Waals surface area contributed by atoms with Gasteiger partial charge in [-0.25, -0.2) is 4.68 Å². The molecule has 1 heterocycles. The van der Waals surface area contributed by atoms with E-state index in [0.717, 1.165) is 0 Å². The van der Waals surface area contributed by atoms with Crippen LogP contribution in [-0.4, -0.2) is 39.3 Å². The van der Waals surface area contributed by atoms with Gasteiger partial charge in [0.05, 0.1) is 19.3 Å². The predicted octanol–water partition coefficient (Wildman–Crippen LogP) is 0.117. The van der Waals surface area contributed by atoms with Gasteiger partial charge in [-0.15, -0.1) is 5.10 Å². The third-order valence-electron chi connectivity index (χ3n) is 2.69. The summed E-state index contributed by atoms with van der Waals surface area (Å²) >= 11 is 0. The molecular weight excluding hydrogens is 258 g/mol. The molecule has 1 aromatic rings. The Morgan fingerprint density at radius 3 is 2.60 bits per heavy atom. The second-order valence-corrected chi connectivity index (χ2v) is 5.34. The fourth-order valence-electron chi connectivity index (χ4n) is 1.39. The van der Waals surface area contributed by atoms with Crippen LogP contribution in [0.1, 0.15) is 33.4 Å². The van der Waals surface area contributed by atoms with Crippen molar-refractivity contribution in [3.8, 4) is 0 Å². The molecule has 0 saturated carbocycles. The van der Waals surface area contributed by atoms with E-state index in [9.17, 15) is 9.59 Å². The number of carbonyl (C=O) groups is 2. The summed E-state index contributed by atoms with van der Waals surface area (Å²) in [4.78, 5) is 23.1. The van der Waals surface area contributed by atoms with Gasteiger partial charge in [0.1, 0.15) is 12.2 Å². The van der Waals surface area contributed by atoms with Crippen molar-refractivity contribution in [2.75, 3.05) is 6.54 Å². The van der Waals surface area contributed by atoms with E-state index in [1.807, 2.05) is 27.7 Å². The number of amides is 1. The first-order chi connectivity index (χ1) is 9.38. The van der Waals surface area contributed by atoms with Crippen molar-refractivity contribution in [1.82, 2.24) is 25.6 Å². The fraction of sp³-hybridized carbons (Fsp3) is 0.692. The molecule has 1 aromatic heterocycles. The molecule has 0 aliphatic rings. The minimum atomic E-state index is -0.0912. The molecule has 0 atom stereocenters. The maximum Gasteiger partial charge on any atom is 0.234 e. The molecule has 0 spiro atoms. The van der Waals surface area contributed by atoms with Crippen LogP contribution in [0, 0.1) is 5.92 Å². The van der Waals surface area contributed by atoms with E-state index in [4.69, 9.17) is 0 Å². The highest BCUT2D eigenvalue weighted by atomic mass is 16.2. The lowest BCUT2D eigenvalue weighted by Gasteiger charge is -2.07. The van der Waals surface area contributed by atoms with Crippen molar-refractivity contribution in [2.24, 2.45) is 5.92 Å². The molecule has 0 fully saturated rings. The second kappa shape index (κ2) is 7.74. The first kappa shape index (κ1) is 16.3. The van der Waals surface area contributed by atoms with Gasteiger partial charge in [0.25, 0.3) is 0 Å². The highest BCUT2D eigenvalue weighted by Crippen LogP contribution is 1.99. The number of rotatable bonds is 8. The Hall–Kier alpha value is -1.76. The van der Waals surface area contributed by atoms with E-state index >= 15 is 0 Å². The minimum absolute atomic E-state index is 0.0236. The van der Waals surface area contributed by atoms with Crippen molar-refractivity contribution in [1.29, 1.82) is 0 Å². The summed E-state index contributed by atoms with van der Waals surface area (Å²) in [6, 6.07) is 0.267. The zero-order valence-electron chi connectivity index (χ0n) is 12.5. The predicted molar refractivity (Wildman–Crippen MR) is 74.9 cm³/mol. The van der Waals surface area contributed by atoms with Gasteiger partial charge in [-0.2, -0.15) is 0 Å². The van der Waals surface area contributed by atoms with E-state index in [-0.39, 0.29) is 36.7 Å². The van der Waals surface area contributed by atoms with Crippen LogP contribution in [0.4, 0.5) is 0 Å². The number of hydrogen-bond acceptors (Lipinski definition) is 5. The van der Waals surface area contributed by atoms with E-state index in [1.54, 1.807) is 6.20 Å². The number of nitrogens with one attached hydrogen (secondary N) is 2. The van der Waals surface area contributed by atoms with E-state index < -0.39 is 0 Å². The Balaban J connectivity index is 2.37. The van der Waals surface area contributed by atoms with Crippen LogP contribution in [0.3, 0.4) is 0 Å². The lowest BCUT2D eigenvalue weighted by atomic mass is 10.1. The third-order valence-corrected chi connectivity index (χ3v) is 2.69. The molecule has 7 nitrogen and oxygen atoms in total. The van der Waals surface area contributed by atoms with Crippen molar-refractivity contribution in [2.45, 2.75) is 46.8 Å². The Kier molecular flexibility index (Phi) is 6.30. The highest BCUT2D eigenvalue weighted by molar-refractivity contribution is 5.80. The monoisotopic (exact) mass is 281 g/mol. The average molecular weight is 281 g/mol. The first-order valence-corrected chi connectivity index (χ1v) is 6.80. The number of ketones is 1. The van der Waals surface area contributed by atoms with Crippen LogP contribution in [0.15, 0.2) is 6.20 Å². The molecule has 0 unspecified atom stereocenters. The van der Waals surface area contributed by atoms with Crippen molar-refractivity contribution in [3.05, 3.63) is 11.9 Å². The van der Waals surface area contributed by atoms with Gasteiger partial charge in [-0.1, -0.05) is 32.9 Å². The van der Waals surface area contributed by atoms with Crippen molar-refractivity contribution >= 4 is 11.7 Å². The van der Waals surface area contributed by atoms with Crippen LogP contribution < -0.4 is 10.6 Å². The highest BCUT2D eigenvalue weighted by Gasteiger charge is 2.10. The molecule has 0 aliphatic heterocycles. The van der Waals surface area contributed by atoms with Gasteiger partial charge in [-0.3, -0.25) is 9.59 Å². The van der Waals surface area contributed by atoms with Gasteiger partial charge in [0.15, 0.2) is 5.78 Å². The maximum absolute atomic E-state index is 11.6. The molecule has 1 amide bonds. The summed E-state index contributed by atoms with van der Waals surface area (Å²) in [6.07, 6.45) is 1.68. The molecule has 0 bridgehead atoms. The van der Waals surface area contributed by atoms with Gasteiger partial charge >= 0.3 is 0 Å². The molecule has 20 heavy (non-hydrogen) atoms. The minimum Gasteiger partial charge on any atom is -0.349 e. The number of aromatic nitrogens is 3. The fourth-order valence-corrected chi connectivity index (χ4v) is 1.39. The average Bonchev–Trinajstić information content (AvgIpc) is 2.81. The third kappa shape index (κ3) is 5.92. The maximum atomic E-state index is 11.6. The summed E-state index contributed by atoms with van der Waals surface area (Å²) in [7, 11) is 0. The number of carbonyl (C=O) groups excluding carboxylic acids is 2. The summed E-state index contributed by atoms with van der Waals surface area (Å²) in [6.45, 7) is 8.46. The van der Waals surface area contributed by atoms with Gasteiger partial charge in [-0.05, 0) is 0 Å². The SMILES string of the molecule is CC(C)NCC(=O)NCc1cn(CC(=O)C(C)C)nn1. The summed E-state index contributed by atoms with van der Waals surface area (Å²) in [5.74, 6) is -0.0115. The van der Waals surface area contributed by atoms with E-state index in [2.05, 4.69) is 20.9 Å². The van der Waals surface area contributed by atoms with E-state index in [1.165, 1.54) is 4.68 Å². The largest absolute Gasteiger partial charge is 0.349 e. The Morgan fingerprint density at radius 1 is 1.30 bits per heavy atom. The summed E-state index contributed by atoms with van der Waals surface area (Å²) in [5, 5.41) is 13.6. The number of nitrogens with zero attached hydrogens (tertiary/aromatic N) is 3. The zero-order valence-corrected chi connectivity index (χ0v) is 12.5. The lowest BCUT2D eigenvalue weighted by Crippen LogP contribution is -2.36. The molecule has 112 valence electrons. The molecule has 2 N–H and O–H groups in total. The lowest BCUT2D eigenvalue weighted by molar-refractivity contribution is -0.122. The molecule has 0 saturated heterocycles. The van der Waals surface area contributed by atoms with Crippen LogP contribution in [0.5, 0.6) is 0 Å². The quantitative estimate of drug-likeness (QED) is 0.706. The molecule has 0 aliphatic carbocycles. The molecular formula is C13H23N5O2. The molecule has 0 radical (unpaired) electrons.